The number of rotatable bonds is 2. The van der Waals surface area contributed by atoms with Crippen molar-refractivity contribution >= 4 is 33.7 Å². The number of piperidine rings is 1. The van der Waals surface area contributed by atoms with Crippen LogP contribution in [0.2, 0.25) is 0 Å². The van der Waals surface area contributed by atoms with E-state index in [0.717, 1.165) is 6.07 Å². The standard InChI is InChI=1S/C12H10BrFN2O3/c13-7-3-6(4-8(14)5-7)11(18)15-9-1-2-10(17)16-12(9)19/h3-5,9H,1-2H2,(H,15,18)(H,16,17,19). The molecule has 0 aromatic heterocycles. The van der Waals surface area contributed by atoms with Gasteiger partial charge < -0.3 is 5.32 Å². The molecule has 1 aromatic rings. The summed E-state index contributed by atoms with van der Waals surface area (Å²) in [5.41, 5.74) is 0.108. The van der Waals surface area contributed by atoms with Gasteiger partial charge in [-0.25, -0.2) is 4.39 Å². The Morgan fingerprint density at radius 1 is 1.37 bits per heavy atom. The van der Waals surface area contributed by atoms with Crippen molar-refractivity contribution in [3.8, 4) is 0 Å². The van der Waals surface area contributed by atoms with Gasteiger partial charge in [-0.15, -0.1) is 0 Å². The topological polar surface area (TPSA) is 75.3 Å². The monoisotopic (exact) mass is 328 g/mol. The maximum atomic E-state index is 13.2. The fourth-order valence-electron chi connectivity index (χ4n) is 1.76. The number of nitrogens with one attached hydrogen (secondary N) is 2. The van der Waals surface area contributed by atoms with Gasteiger partial charge >= 0.3 is 0 Å². The SMILES string of the molecule is O=C1CCC(NC(=O)c2cc(F)cc(Br)c2)C(=O)N1. The minimum absolute atomic E-state index is 0.108. The molecule has 1 saturated heterocycles. The predicted octanol–water partition coefficient (Wildman–Crippen LogP) is 1.12. The van der Waals surface area contributed by atoms with Crippen LogP contribution in [-0.2, 0) is 9.59 Å². The van der Waals surface area contributed by atoms with E-state index in [1.54, 1.807) is 0 Å². The van der Waals surface area contributed by atoms with Gasteiger partial charge in [0.15, 0.2) is 0 Å². The average molecular weight is 329 g/mol. The van der Waals surface area contributed by atoms with E-state index in [4.69, 9.17) is 0 Å². The summed E-state index contributed by atoms with van der Waals surface area (Å²) < 4.78 is 13.6. The van der Waals surface area contributed by atoms with Crippen molar-refractivity contribution in [3.63, 3.8) is 0 Å². The molecule has 19 heavy (non-hydrogen) atoms. The maximum Gasteiger partial charge on any atom is 0.252 e. The minimum Gasteiger partial charge on any atom is -0.340 e. The van der Waals surface area contributed by atoms with Crippen molar-refractivity contribution in [1.82, 2.24) is 10.6 Å². The quantitative estimate of drug-likeness (QED) is 0.799. The zero-order chi connectivity index (χ0) is 14.0. The van der Waals surface area contributed by atoms with Crippen LogP contribution in [-0.4, -0.2) is 23.8 Å². The first-order chi connectivity index (χ1) is 8.95. The average Bonchev–Trinajstić information content (AvgIpc) is 2.31. The Hall–Kier alpha value is -1.76. The lowest BCUT2D eigenvalue weighted by atomic mass is 10.1. The van der Waals surface area contributed by atoms with Crippen LogP contribution in [0.4, 0.5) is 4.39 Å². The van der Waals surface area contributed by atoms with Gasteiger partial charge in [0, 0.05) is 16.5 Å². The Morgan fingerprint density at radius 2 is 2.11 bits per heavy atom. The van der Waals surface area contributed by atoms with Gasteiger partial charge in [0.1, 0.15) is 11.9 Å². The third kappa shape index (κ3) is 3.37. The van der Waals surface area contributed by atoms with Gasteiger partial charge in [-0.3, -0.25) is 19.7 Å². The van der Waals surface area contributed by atoms with E-state index in [9.17, 15) is 18.8 Å². The van der Waals surface area contributed by atoms with Crippen molar-refractivity contribution in [3.05, 3.63) is 34.1 Å². The van der Waals surface area contributed by atoms with Crippen LogP contribution < -0.4 is 10.6 Å². The van der Waals surface area contributed by atoms with Gasteiger partial charge in [-0.1, -0.05) is 15.9 Å². The number of amides is 3. The predicted molar refractivity (Wildman–Crippen MR) is 67.7 cm³/mol. The van der Waals surface area contributed by atoms with Gasteiger partial charge in [0.05, 0.1) is 0 Å². The molecule has 1 heterocycles. The number of hydrogen-bond donors (Lipinski definition) is 2. The van der Waals surface area contributed by atoms with Crippen molar-refractivity contribution < 1.29 is 18.8 Å². The van der Waals surface area contributed by atoms with Gasteiger partial charge in [0.2, 0.25) is 11.8 Å². The van der Waals surface area contributed by atoms with Crippen LogP contribution in [0.3, 0.4) is 0 Å². The number of imide groups is 1. The molecule has 5 nitrogen and oxygen atoms in total. The fraction of sp³-hybridized carbons (Fsp3) is 0.250. The van der Waals surface area contributed by atoms with Crippen molar-refractivity contribution in [1.29, 1.82) is 0 Å². The van der Waals surface area contributed by atoms with E-state index in [2.05, 4.69) is 26.6 Å². The number of benzene rings is 1. The highest BCUT2D eigenvalue weighted by Crippen LogP contribution is 2.15. The van der Waals surface area contributed by atoms with Gasteiger partial charge in [-0.05, 0) is 24.6 Å². The lowest BCUT2D eigenvalue weighted by Gasteiger charge is -2.21. The molecule has 1 aliphatic heterocycles. The molecule has 2 rings (SSSR count). The highest BCUT2D eigenvalue weighted by molar-refractivity contribution is 9.10. The molecule has 0 radical (unpaired) electrons. The molecule has 2 N–H and O–H groups in total. The second kappa shape index (κ2) is 5.48. The molecule has 1 fully saturated rings. The first-order valence-electron chi connectivity index (χ1n) is 5.56. The second-order valence-electron chi connectivity index (χ2n) is 4.14. The first-order valence-corrected chi connectivity index (χ1v) is 6.35. The molecule has 7 heteroatoms. The van der Waals surface area contributed by atoms with E-state index in [1.807, 2.05) is 0 Å². The normalized spacial score (nSPS) is 18.9. The Kier molecular flexibility index (Phi) is 3.94. The lowest BCUT2D eigenvalue weighted by Crippen LogP contribution is -2.52. The van der Waals surface area contributed by atoms with E-state index in [1.165, 1.54) is 12.1 Å². The van der Waals surface area contributed by atoms with E-state index >= 15 is 0 Å². The molecule has 1 aliphatic rings. The van der Waals surface area contributed by atoms with Crippen molar-refractivity contribution in [2.24, 2.45) is 0 Å². The third-order valence-electron chi connectivity index (χ3n) is 2.67. The molecule has 1 aromatic carbocycles. The number of carbonyl (C=O) groups is 3. The Morgan fingerprint density at radius 3 is 2.74 bits per heavy atom. The molecular weight excluding hydrogens is 319 g/mol. The summed E-state index contributed by atoms with van der Waals surface area (Å²) in [7, 11) is 0. The second-order valence-corrected chi connectivity index (χ2v) is 5.05. The van der Waals surface area contributed by atoms with Crippen LogP contribution in [0.25, 0.3) is 0 Å². The summed E-state index contributed by atoms with van der Waals surface area (Å²) in [5.74, 6) is -2.01. The summed E-state index contributed by atoms with van der Waals surface area (Å²) >= 11 is 3.08. The summed E-state index contributed by atoms with van der Waals surface area (Å²) in [4.78, 5) is 34.3. The van der Waals surface area contributed by atoms with Gasteiger partial charge in [0.25, 0.3) is 5.91 Å². The third-order valence-corrected chi connectivity index (χ3v) is 3.13. The van der Waals surface area contributed by atoms with Crippen LogP contribution in [0.5, 0.6) is 0 Å². The van der Waals surface area contributed by atoms with Crippen LogP contribution in [0.15, 0.2) is 22.7 Å². The molecule has 0 aliphatic carbocycles. The fourth-order valence-corrected chi connectivity index (χ4v) is 2.22. The largest absolute Gasteiger partial charge is 0.340 e. The Bertz CT molecular complexity index is 542. The number of carbonyl (C=O) groups excluding carboxylic acids is 3. The molecule has 1 unspecified atom stereocenters. The Balaban J connectivity index is 2.08. The summed E-state index contributed by atoms with van der Waals surface area (Å²) in [6, 6.07) is 2.98. The molecule has 0 spiro atoms. The van der Waals surface area contributed by atoms with Gasteiger partial charge in [-0.2, -0.15) is 0 Å². The zero-order valence-corrected chi connectivity index (χ0v) is 11.3. The lowest BCUT2D eigenvalue weighted by molar-refractivity contribution is -0.134. The highest BCUT2D eigenvalue weighted by atomic mass is 79.9. The van der Waals surface area contributed by atoms with Crippen molar-refractivity contribution in [2.75, 3.05) is 0 Å². The van der Waals surface area contributed by atoms with Crippen LogP contribution >= 0.6 is 15.9 Å². The number of hydrogen-bond acceptors (Lipinski definition) is 3. The van der Waals surface area contributed by atoms with E-state index < -0.39 is 23.7 Å². The summed E-state index contributed by atoms with van der Waals surface area (Å²) in [6.07, 6.45) is 0.413. The highest BCUT2D eigenvalue weighted by Gasteiger charge is 2.28. The molecule has 0 bridgehead atoms. The van der Waals surface area contributed by atoms with Crippen LogP contribution in [0, 0.1) is 5.82 Å². The molecule has 0 saturated carbocycles. The Labute approximate surface area is 116 Å². The first kappa shape index (κ1) is 13.7. The van der Waals surface area contributed by atoms with Crippen LogP contribution in [0.1, 0.15) is 23.2 Å². The molecular formula is C12H10BrFN2O3. The minimum atomic E-state index is -0.771. The molecule has 3 amide bonds. The maximum absolute atomic E-state index is 13.2. The van der Waals surface area contributed by atoms with Crippen molar-refractivity contribution in [2.45, 2.75) is 18.9 Å². The zero-order valence-electron chi connectivity index (χ0n) is 9.70. The van der Waals surface area contributed by atoms with E-state index in [-0.39, 0.29) is 24.3 Å². The molecule has 1 atom stereocenters. The number of halogens is 2. The van der Waals surface area contributed by atoms with E-state index in [0.29, 0.717) is 4.47 Å². The molecule has 100 valence electrons. The summed E-state index contributed by atoms with van der Waals surface area (Å²) in [6.45, 7) is 0. The smallest absolute Gasteiger partial charge is 0.252 e. The summed E-state index contributed by atoms with van der Waals surface area (Å²) in [5, 5.41) is 4.60.